The van der Waals surface area contributed by atoms with Gasteiger partial charge in [-0.15, -0.1) is 0 Å². The van der Waals surface area contributed by atoms with E-state index < -0.39 is 17.7 Å². The maximum atomic E-state index is 13.2. The lowest BCUT2D eigenvalue weighted by Gasteiger charge is -2.25. The number of Topliss-reactive ketones (excluding diaryl/α,β-unsaturated/α-hetero) is 1. The van der Waals surface area contributed by atoms with Crippen LogP contribution in [0.5, 0.6) is 5.75 Å². The summed E-state index contributed by atoms with van der Waals surface area (Å²) < 4.78 is 5.74. The van der Waals surface area contributed by atoms with Crippen LogP contribution in [0, 0.1) is 0 Å². The van der Waals surface area contributed by atoms with Crippen molar-refractivity contribution in [3.8, 4) is 5.75 Å². The fourth-order valence-electron chi connectivity index (χ4n) is 4.38. The van der Waals surface area contributed by atoms with Crippen molar-refractivity contribution < 1.29 is 19.4 Å². The SMILES string of the molecule is CC1Cc2cc(/C(O)=C3/C(=O)C(=O)N(c4ccc(Cl)cc4)C3c3ccccc3)ccc2O1. The number of ketones is 1. The second kappa shape index (κ2) is 7.84. The van der Waals surface area contributed by atoms with Crippen molar-refractivity contribution in [2.75, 3.05) is 4.90 Å². The zero-order chi connectivity index (χ0) is 22.4. The van der Waals surface area contributed by atoms with Gasteiger partial charge in [0.05, 0.1) is 11.6 Å². The summed E-state index contributed by atoms with van der Waals surface area (Å²) in [5, 5.41) is 11.8. The van der Waals surface area contributed by atoms with E-state index in [0.717, 1.165) is 23.3 Å². The number of ether oxygens (including phenoxy) is 1. The number of hydrogen-bond acceptors (Lipinski definition) is 4. The number of aliphatic hydroxyl groups excluding tert-OH is 1. The van der Waals surface area contributed by atoms with Crippen molar-refractivity contribution in [1.29, 1.82) is 0 Å². The molecule has 0 spiro atoms. The molecule has 0 bridgehead atoms. The highest BCUT2D eigenvalue weighted by Crippen LogP contribution is 2.43. The third-order valence-corrected chi connectivity index (χ3v) is 6.09. The first-order chi connectivity index (χ1) is 15.4. The molecule has 5 nitrogen and oxygen atoms in total. The highest BCUT2D eigenvalue weighted by Gasteiger charge is 2.47. The summed E-state index contributed by atoms with van der Waals surface area (Å²) >= 11 is 6.02. The molecule has 0 saturated carbocycles. The van der Waals surface area contributed by atoms with Crippen LogP contribution < -0.4 is 9.64 Å². The number of benzene rings is 3. The van der Waals surface area contributed by atoms with Gasteiger partial charge in [0.2, 0.25) is 0 Å². The van der Waals surface area contributed by atoms with E-state index in [4.69, 9.17) is 16.3 Å². The summed E-state index contributed by atoms with van der Waals surface area (Å²) in [4.78, 5) is 27.7. The minimum atomic E-state index is -0.763. The molecule has 0 aliphatic carbocycles. The van der Waals surface area contributed by atoms with Gasteiger partial charge in [-0.3, -0.25) is 14.5 Å². The van der Waals surface area contributed by atoms with Crippen LogP contribution in [0.4, 0.5) is 5.69 Å². The Morgan fingerprint density at radius 1 is 1.03 bits per heavy atom. The van der Waals surface area contributed by atoms with Gasteiger partial charge in [-0.2, -0.15) is 0 Å². The van der Waals surface area contributed by atoms with Crippen LogP contribution in [0.3, 0.4) is 0 Å². The largest absolute Gasteiger partial charge is 0.507 e. The molecule has 32 heavy (non-hydrogen) atoms. The minimum absolute atomic E-state index is 0.0576. The van der Waals surface area contributed by atoms with Gasteiger partial charge in [0.1, 0.15) is 17.6 Å². The lowest BCUT2D eigenvalue weighted by molar-refractivity contribution is -0.132. The highest BCUT2D eigenvalue weighted by atomic mass is 35.5. The van der Waals surface area contributed by atoms with E-state index in [2.05, 4.69) is 0 Å². The van der Waals surface area contributed by atoms with Crippen molar-refractivity contribution in [2.24, 2.45) is 0 Å². The molecule has 2 aliphatic heterocycles. The van der Waals surface area contributed by atoms with E-state index in [9.17, 15) is 14.7 Å². The van der Waals surface area contributed by atoms with Crippen LogP contribution in [0.2, 0.25) is 5.02 Å². The number of aliphatic hydroxyl groups is 1. The number of anilines is 1. The number of hydrogen-bond donors (Lipinski definition) is 1. The summed E-state index contributed by atoms with van der Waals surface area (Å²) in [5.74, 6) is -0.844. The van der Waals surface area contributed by atoms with Crippen LogP contribution in [0.15, 0.2) is 78.4 Å². The van der Waals surface area contributed by atoms with E-state index in [1.54, 1.807) is 36.4 Å². The van der Waals surface area contributed by atoms with E-state index >= 15 is 0 Å². The molecule has 3 aromatic rings. The Labute approximate surface area is 190 Å². The minimum Gasteiger partial charge on any atom is -0.507 e. The van der Waals surface area contributed by atoms with Crippen LogP contribution >= 0.6 is 11.6 Å². The van der Waals surface area contributed by atoms with Crippen LogP contribution in [-0.2, 0) is 16.0 Å². The number of fused-ring (bicyclic) bond motifs is 1. The first-order valence-electron chi connectivity index (χ1n) is 10.4. The van der Waals surface area contributed by atoms with E-state index in [1.807, 2.05) is 43.3 Å². The Kier molecular flexibility index (Phi) is 4.98. The summed E-state index contributed by atoms with van der Waals surface area (Å²) in [7, 11) is 0. The van der Waals surface area contributed by atoms with Crippen molar-refractivity contribution >= 4 is 34.7 Å². The Hall–Kier alpha value is -3.57. The summed E-state index contributed by atoms with van der Waals surface area (Å²) in [5.41, 5.74) is 2.76. The van der Waals surface area contributed by atoms with Crippen molar-refractivity contribution in [2.45, 2.75) is 25.5 Å². The number of halogens is 1. The zero-order valence-corrected chi connectivity index (χ0v) is 18.0. The van der Waals surface area contributed by atoms with E-state index in [-0.39, 0.29) is 17.4 Å². The number of amides is 1. The molecular weight excluding hydrogens is 426 g/mol. The average molecular weight is 446 g/mol. The standard InChI is InChI=1S/C26H20ClNO4/c1-15-13-18-14-17(7-12-21(18)32-15)24(29)22-23(16-5-3-2-4-6-16)28(26(31)25(22)30)20-10-8-19(27)9-11-20/h2-12,14-15,23,29H,13H2,1H3/b24-22-. The van der Waals surface area contributed by atoms with Gasteiger partial charge in [-0.05, 0) is 60.5 Å². The second-order valence-electron chi connectivity index (χ2n) is 8.01. The Morgan fingerprint density at radius 3 is 2.47 bits per heavy atom. The van der Waals surface area contributed by atoms with E-state index in [1.165, 1.54) is 4.90 Å². The molecule has 0 aromatic heterocycles. The first-order valence-corrected chi connectivity index (χ1v) is 10.7. The topological polar surface area (TPSA) is 66.8 Å². The first kappa shape index (κ1) is 20.3. The van der Waals surface area contributed by atoms with Gasteiger partial charge >= 0.3 is 0 Å². The quantitative estimate of drug-likeness (QED) is 0.338. The molecule has 5 rings (SSSR count). The Bertz CT molecular complexity index is 1250. The molecule has 2 aliphatic rings. The summed E-state index contributed by atoms with van der Waals surface area (Å²) in [6, 6.07) is 20.5. The van der Waals surface area contributed by atoms with Crippen LogP contribution in [0.25, 0.3) is 5.76 Å². The number of carbonyl (C=O) groups excluding carboxylic acids is 2. The maximum absolute atomic E-state index is 13.2. The molecule has 6 heteroatoms. The molecule has 2 atom stereocenters. The molecule has 1 saturated heterocycles. The average Bonchev–Trinajstić information content (AvgIpc) is 3.30. The van der Waals surface area contributed by atoms with Gasteiger partial charge in [0, 0.05) is 22.7 Å². The third kappa shape index (κ3) is 3.35. The molecule has 1 fully saturated rings. The molecule has 2 heterocycles. The zero-order valence-electron chi connectivity index (χ0n) is 17.3. The molecular formula is C26H20ClNO4. The molecule has 2 unspecified atom stereocenters. The number of nitrogens with zero attached hydrogens (tertiary/aromatic N) is 1. The summed E-state index contributed by atoms with van der Waals surface area (Å²) in [6.45, 7) is 1.98. The third-order valence-electron chi connectivity index (χ3n) is 5.83. The molecule has 1 amide bonds. The lowest BCUT2D eigenvalue weighted by Crippen LogP contribution is -2.29. The van der Waals surface area contributed by atoms with Crippen molar-refractivity contribution in [3.63, 3.8) is 0 Å². The smallest absolute Gasteiger partial charge is 0.300 e. The lowest BCUT2D eigenvalue weighted by atomic mass is 9.94. The monoisotopic (exact) mass is 445 g/mol. The maximum Gasteiger partial charge on any atom is 0.300 e. The van der Waals surface area contributed by atoms with Gasteiger partial charge in [-0.1, -0.05) is 41.9 Å². The fraction of sp³-hybridized carbons (Fsp3) is 0.154. The Balaban J connectivity index is 1.68. The van der Waals surface area contributed by atoms with Crippen LogP contribution in [0.1, 0.15) is 29.7 Å². The van der Waals surface area contributed by atoms with Gasteiger partial charge in [0.25, 0.3) is 11.7 Å². The predicted octanol–water partition coefficient (Wildman–Crippen LogP) is 5.29. The molecule has 3 aromatic carbocycles. The van der Waals surface area contributed by atoms with Gasteiger partial charge in [0.15, 0.2) is 0 Å². The molecule has 160 valence electrons. The summed E-state index contributed by atoms with van der Waals surface area (Å²) in [6.07, 6.45) is 0.778. The second-order valence-corrected chi connectivity index (χ2v) is 8.45. The normalized spacial score (nSPS) is 21.5. The van der Waals surface area contributed by atoms with E-state index in [0.29, 0.717) is 16.3 Å². The van der Waals surface area contributed by atoms with Crippen molar-refractivity contribution in [1.82, 2.24) is 0 Å². The highest BCUT2D eigenvalue weighted by molar-refractivity contribution is 6.51. The molecule has 1 N–H and O–H groups in total. The van der Waals surface area contributed by atoms with Crippen LogP contribution in [-0.4, -0.2) is 22.9 Å². The number of rotatable bonds is 3. The van der Waals surface area contributed by atoms with Crippen molar-refractivity contribution in [3.05, 3.63) is 100 Å². The molecule has 0 radical (unpaired) electrons. The van der Waals surface area contributed by atoms with Gasteiger partial charge in [-0.25, -0.2) is 0 Å². The Morgan fingerprint density at radius 2 is 1.75 bits per heavy atom. The van der Waals surface area contributed by atoms with Gasteiger partial charge < -0.3 is 9.84 Å². The number of carbonyl (C=O) groups is 2. The fourth-order valence-corrected chi connectivity index (χ4v) is 4.50. The predicted molar refractivity (Wildman–Crippen MR) is 123 cm³/mol.